The largest absolute Gasteiger partial charge is 0.478 e. The van der Waals surface area contributed by atoms with E-state index >= 15 is 0 Å². The van der Waals surface area contributed by atoms with E-state index in [2.05, 4.69) is 9.47 Å². The van der Waals surface area contributed by atoms with Gasteiger partial charge in [0.05, 0.1) is 0 Å². The molecule has 154 valence electrons. The second-order valence-corrected chi connectivity index (χ2v) is 5.55. The second-order valence-electron chi connectivity index (χ2n) is 5.55. The van der Waals surface area contributed by atoms with Crippen LogP contribution in [0.5, 0.6) is 0 Å². The van der Waals surface area contributed by atoms with Crippen LogP contribution in [0.2, 0.25) is 0 Å². The van der Waals surface area contributed by atoms with Gasteiger partial charge in [-0.1, -0.05) is 25.7 Å². The highest BCUT2D eigenvalue weighted by atomic mass is 16.6. The number of carbonyl (C=O) groups excluding carboxylic acids is 4. The molecule has 0 saturated carbocycles. The van der Waals surface area contributed by atoms with Gasteiger partial charge in [0.25, 0.3) is 0 Å². The lowest BCUT2D eigenvalue weighted by atomic mass is 10.1. The molecule has 0 amide bonds. The molecule has 0 spiro atoms. The maximum Gasteiger partial charge on any atom is 0.338 e. The van der Waals surface area contributed by atoms with Gasteiger partial charge in [-0.2, -0.15) is 0 Å². The molecule has 0 atom stereocenters. The van der Waals surface area contributed by atoms with Gasteiger partial charge in [-0.25, -0.2) is 19.2 Å². The molecule has 0 rings (SSSR count). The average molecular weight is 398 g/mol. The summed E-state index contributed by atoms with van der Waals surface area (Å²) in [6, 6.07) is 0. The molecule has 28 heavy (non-hydrogen) atoms. The third-order valence-electron chi connectivity index (χ3n) is 3.16. The van der Waals surface area contributed by atoms with E-state index in [9.17, 15) is 28.8 Å². The molecular weight excluding hydrogens is 376 g/mol. The first-order valence-corrected chi connectivity index (χ1v) is 8.52. The minimum atomic E-state index is -1.32. The highest BCUT2D eigenvalue weighted by Gasteiger charge is 2.09. The maximum absolute atomic E-state index is 11.3. The summed E-state index contributed by atoms with van der Waals surface area (Å²) in [5.74, 6) is -6.17. The second kappa shape index (κ2) is 14.8. The fraction of sp³-hybridized carbons (Fsp3) is 0.444. The van der Waals surface area contributed by atoms with Gasteiger partial charge in [0.15, 0.2) is 0 Å². The highest BCUT2D eigenvalue weighted by molar-refractivity contribution is 5.96. The van der Waals surface area contributed by atoms with Gasteiger partial charge in [0.2, 0.25) is 0 Å². The van der Waals surface area contributed by atoms with Crippen LogP contribution in [0.4, 0.5) is 0 Å². The van der Waals surface area contributed by atoms with Crippen LogP contribution in [-0.2, 0) is 38.2 Å². The Hall–Kier alpha value is -3.30. The van der Waals surface area contributed by atoms with E-state index in [4.69, 9.17) is 10.2 Å². The Bertz CT molecular complexity index is 589. The lowest BCUT2D eigenvalue weighted by Crippen LogP contribution is -2.10. The molecule has 10 heteroatoms. The van der Waals surface area contributed by atoms with Crippen LogP contribution in [0.25, 0.3) is 0 Å². The predicted octanol–water partition coefficient (Wildman–Crippen LogP) is 1.53. The van der Waals surface area contributed by atoms with Crippen LogP contribution < -0.4 is 0 Å². The first kappa shape index (κ1) is 24.7. The first-order valence-electron chi connectivity index (χ1n) is 8.52. The van der Waals surface area contributed by atoms with Crippen molar-refractivity contribution in [3.8, 4) is 0 Å². The maximum atomic E-state index is 11.3. The number of carbonyl (C=O) groups is 6. The Kier molecular flexibility index (Phi) is 13.1. The van der Waals surface area contributed by atoms with Crippen LogP contribution in [-0.4, -0.2) is 46.0 Å². The highest BCUT2D eigenvalue weighted by Crippen LogP contribution is 2.09. The van der Waals surface area contributed by atoms with Crippen LogP contribution in [0, 0.1) is 0 Å². The van der Waals surface area contributed by atoms with E-state index in [1.807, 2.05) is 0 Å². The van der Waals surface area contributed by atoms with Crippen molar-refractivity contribution in [3.63, 3.8) is 0 Å². The molecule has 2 N–H and O–H groups in total. The zero-order chi connectivity index (χ0) is 21.4. The molecule has 0 aliphatic rings. The van der Waals surface area contributed by atoms with Crippen molar-refractivity contribution in [2.75, 3.05) is 0 Å². The van der Waals surface area contributed by atoms with Gasteiger partial charge in [-0.3, -0.25) is 9.59 Å². The van der Waals surface area contributed by atoms with Crippen molar-refractivity contribution in [1.29, 1.82) is 0 Å². The van der Waals surface area contributed by atoms with Gasteiger partial charge in [-0.05, 0) is 12.8 Å². The Morgan fingerprint density at radius 2 is 0.857 bits per heavy atom. The number of carboxylic acids is 2. The molecule has 0 aliphatic heterocycles. The Labute approximate surface area is 160 Å². The van der Waals surface area contributed by atoms with Crippen LogP contribution in [0.1, 0.15) is 51.4 Å². The molecule has 0 unspecified atom stereocenters. The number of hydrogen-bond acceptors (Lipinski definition) is 8. The van der Waals surface area contributed by atoms with Gasteiger partial charge in [0, 0.05) is 37.1 Å². The van der Waals surface area contributed by atoms with E-state index < -0.39 is 35.8 Å². The van der Waals surface area contributed by atoms with Gasteiger partial charge < -0.3 is 19.7 Å². The van der Waals surface area contributed by atoms with Crippen molar-refractivity contribution >= 4 is 35.8 Å². The van der Waals surface area contributed by atoms with E-state index in [0.29, 0.717) is 50.0 Å². The molecular formula is C18H22O10. The summed E-state index contributed by atoms with van der Waals surface area (Å²) in [6.07, 6.45) is 6.52. The topological polar surface area (TPSA) is 161 Å². The van der Waals surface area contributed by atoms with Crippen molar-refractivity contribution in [3.05, 3.63) is 24.3 Å². The molecule has 0 saturated heterocycles. The zero-order valence-corrected chi connectivity index (χ0v) is 15.1. The van der Waals surface area contributed by atoms with Crippen LogP contribution >= 0.6 is 0 Å². The third-order valence-corrected chi connectivity index (χ3v) is 3.16. The predicted molar refractivity (Wildman–Crippen MR) is 92.7 cm³/mol. The summed E-state index contributed by atoms with van der Waals surface area (Å²) in [5.41, 5.74) is 0. The lowest BCUT2D eigenvalue weighted by molar-refractivity contribution is -0.158. The number of unbranched alkanes of at least 4 members (excludes halogenated alkanes) is 5. The number of aliphatic carboxylic acids is 2. The monoisotopic (exact) mass is 398 g/mol. The smallest absolute Gasteiger partial charge is 0.338 e. The van der Waals surface area contributed by atoms with Crippen molar-refractivity contribution in [2.45, 2.75) is 51.4 Å². The molecule has 0 fully saturated rings. The van der Waals surface area contributed by atoms with E-state index in [1.165, 1.54) is 0 Å². The van der Waals surface area contributed by atoms with Crippen LogP contribution in [0.15, 0.2) is 24.3 Å². The Balaban J connectivity index is 3.66. The normalized spacial score (nSPS) is 10.7. The fourth-order valence-corrected chi connectivity index (χ4v) is 1.92. The molecule has 0 aromatic rings. The lowest BCUT2D eigenvalue weighted by Gasteiger charge is -2.02. The Morgan fingerprint density at radius 3 is 1.18 bits per heavy atom. The number of carboxylic acid groups (broad SMARTS) is 2. The number of hydrogen-bond donors (Lipinski definition) is 2. The average Bonchev–Trinajstić information content (AvgIpc) is 2.60. The summed E-state index contributed by atoms with van der Waals surface area (Å²) in [5, 5.41) is 16.6. The summed E-state index contributed by atoms with van der Waals surface area (Å²) in [7, 11) is 0. The summed E-state index contributed by atoms with van der Waals surface area (Å²) < 4.78 is 8.78. The third kappa shape index (κ3) is 16.2. The van der Waals surface area contributed by atoms with E-state index in [1.54, 1.807) is 0 Å². The molecule has 0 aliphatic carbocycles. The molecule has 10 nitrogen and oxygen atoms in total. The summed E-state index contributed by atoms with van der Waals surface area (Å²) in [4.78, 5) is 65.2. The summed E-state index contributed by atoms with van der Waals surface area (Å²) >= 11 is 0. The molecule has 0 radical (unpaired) electrons. The molecule has 0 heterocycles. The minimum Gasteiger partial charge on any atom is -0.478 e. The number of rotatable bonds is 13. The quantitative estimate of drug-likeness (QED) is 0.201. The SMILES string of the molecule is O=C(O)/C=C\C(=O)OC(=O)CCCCCCCCC(=O)OC(=O)/C=C\C(=O)O. The first-order chi connectivity index (χ1) is 13.2. The van der Waals surface area contributed by atoms with Crippen molar-refractivity contribution in [2.24, 2.45) is 0 Å². The van der Waals surface area contributed by atoms with Gasteiger partial charge in [-0.15, -0.1) is 0 Å². The van der Waals surface area contributed by atoms with Crippen molar-refractivity contribution in [1.82, 2.24) is 0 Å². The molecule has 0 aromatic heterocycles. The number of esters is 4. The fourth-order valence-electron chi connectivity index (χ4n) is 1.92. The van der Waals surface area contributed by atoms with Crippen LogP contribution in [0.3, 0.4) is 0 Å². The van der Waals surface area contributed by atoms with Gasteiger partial charge >= 0.3 is 35.8 Å². The minimum absolute atomic E-state index is 0.0327. The summed E-state index contributed by atoms with van der Waals surface area (Å²) in [6.45, 7) is 0. The van der Waals surface area contributed by atoms with E-state index in [-0.39, 0.29) is 12.8 Å². The van der Waals surface area contributed by atoms with Gasteiger partial charge in [0.1, 0.15) is 0 Å². The molecule has 0 bridgehead atoms. The standard InChI is InChI=1S/C18H22O10/c19-13(20)9-11-17(25)27-15(23)7-5-3-1-2-4-6-8-16(24)28-18(26)12-10-14(21)22/h9-12H,1-8H2,(H,19,20)(H,21,22)/b11-9-,12-10-. The Morgan fingerprint density at radius 1 is 0.536 bits per heavy atom. The zero-order valence-electron chi connectivity index (χ0n) is 15.1. The van der Waals surface area contributed by atoms with E-state index in [0.717, 1.165) is 12.8 Å². The molecule has 0 aromatic carbocycles. The number of ether oxygens (including phenoxy) is 2. The van der Waals surface area contributed by atoms with Crippen molar-refractivity contribution < 1.29 is 48.5 Å².